The Balaban J connectivity index is 2.67. The molecule has 0 aliphatic rings. The van der Waals surface area contributed by atoms with Gasteiger partial charge in [0.2, 0.25) is 0 Å². The summed E-state index contributed by atoms with van der Waals surface area (Å²) in [4.78, 5) is 14.2. The van der Waals surface area contributed by atoms with Gasteiger partial charge in [0.15, 0.2) is 5.78 Å². The predicted octanol–water partition coefficient (Wildman–Crippen LogP) is 2.00. The number of hydrogen-bond donors (Lipinski definition) is 2. The molecule has 0 atom stereocenters. The molecule has 1 heterocycles. The number of fused-ring (bicyclic) bond motifs is 1. The van der Waals surface area contributed by atoms with Gasteiger partial charge in [-0.3, -0.25) is 4.79 Å². The summed E-state index contributed by atoms with van der Waals surface area (Å²) in [5, 5.41) is 10.1. The number of nitrogens with one attached hydrogen (secondary N) is 1. The van der Waals surface area contributed by atoms with Crippen LogP contribution in [0.5, 0.6) is 0 Å². The highest BCUT2D eigenvalue weighted by Gasteiger charge is 2.10. The highest BCUT2D eigenvalue weighted by molar-refractivity contribution is 6.31. The number of carbonyl (C=O) groups is 1. The molecule has 2 N–H and O–H groups in total. The van der Waals surface area contributed by atoms with Gasteiger partial charge >= 0.3 is 0 Å². The highest BCUT2D eigenvalue weighted by atomic mass is 35.5. The second kappa shape index (κ2) is 3.44. The van der Waals surface area contributed by atoms with E-state index in [2.05, 4.69) is 4.98 Å². The van der Waals surface area contributed by atoms with Crippen LogP contribution in [-0.2, 0) is 0 Å². The Labute approximate surface area is 85.3 Å². The molecule has 0 saturated heterocycles. The first-order valence-corrected chi connectivity index (χ1v) is 4.51. The Bertz CT molecular complexity index is 490. The van der Waals surface area contributed by atoms with E-state index < -0.39 is 6.61 Å². The number of aliphatic hydroxyl groups excluding tert-OH is 1. The molecule has 0 bridgehead atoms. The van der Waals surface area contributed by atoms with Gasteiger partial charge in [0, 0.05) is 27.7 Å². The van der Waals surface area contributed by atoms with E-state index in [0.717, 1.165) is 10.9 Å². The van der Waals surface area contributed by atoms with Crippen LogP contribution in [0.3, 0.4) is 0 Å². The Morgan fingerprint density at radius 2 is 2.29 bits per heavy atom. The van der Waals surface area contributed by atoms with Crippen LogP contribution in [0.1, 0.15) is 10.4 Å². The van der Waals surface area contributed by atoms with Gasteiger partial charge in [-0.05, 0) is 18.2 Å². The van der Waals surface area contributed by atoms with Crippen LogP contribution >= 0.6 is 11.6 Å². The number of hydrogen-bond acceptors (Lipinski definition) is 2. The summed E-state index contributed by atoms with van der Waals surface area (Å²) in [7, 11) is 0. The molecule has 14 heavy (non-hydrogen) atoms. The molecule has 1 aromatic carbocycles. The van der Waals surface area contributed by atoms with Crippen LogP contribution in [0, 0.1) is 0 Å². The zero-order valence-corrected chi connectivity index (χ0v) is 8.01. The largest absolute Gasteiger partial charge is 0.388 e. The van der Waals surface area contributed by atoms with Crippen LogP contribution in [-0.4, -0.2) is 22.5 Å². The molecule has 0 saturated carbocycles. The van der Waals surface area contributed by atoms with Crippen molar-refractivity contribution in [1.29, 1.82) is 0 Å². The number of ketones is 1. The van der Waals surface area contributed by atoms with Crippen molar-refractivity contribution < 1.29 is 9.90 Å². The van der Waals surface area contributed by atoms with Crippen molar-refractivity contribution in [3.8, 4) is 0 Å². The normalized spacial score (nSPS) is 10.7. The maximum Gasteiger partial charge on any atom is 0.190 e. The fraction of sp³-hybridized carbons (Fsp3) is 0.100. The molecule has 0 spiro atoms. The SMILES string of the molecule is O=C(CO)c1c[nH]c2ccc(Cl)cc12. The van der Waals surface area contributed by atoms with E-state index in [-0.39, 0.29) is 5.78 Å². The number of rotatable bonds is 2. The Kier molecular flexibility index (Phi) is 2.27. The molecule has 0 amide bonds. The molecular weight excluding hydrogens is 202 g/mol. The van der Waals surface area contributed by atoms with Gasteiger partial charge < -0.3 is 10.1 Å². The lowest BCUT2D eigenvalue weighted by atomic mass is 10.1. The minimum absolute atomic E-state index is 0.307. The number of aromatic amines is 1. The quantitative estimate of drug-likeness (QED) is 0.744. The van der Waals surface area contributed by atoms with Gasteiger partial charge in [0.1, 0.15) is 6.61 Å². The number of halogens is 1. The van der Waals surface area contributed by atoms with E-state index in [4.69, 9.17) is 16.7 Å². The third-order valence-corrected chi connectivity index (χ3v) is 2.32. The van der Waals surface area contributed by atoms with Gasteiger partial charge in [-0.15, -0.1) is 0 Å². The van der Waals surface area contributed by atoms with Crippen molar-refractivity contribution in [2.75, 3.05) is 6.61 Å². The Morgan fingerprint density at radius 1 is 1.50 bits per heavy atom. The van der Waals surface area contributed by atoms with E-state index >= 15 is 0 Å². The lowest BCUT2D eigenvalue weighted by Gasteiger charge is -1.95. The minimum Gasteiger partial charge on any atom is -0.388 e. The van der Waals surface area contributed by atoms with Gasteiger partial charge in [0.05, 0.1) is 0 Å². The highest BCUT2D eigenvalue weighted by Crippen LogP contribution is 2.22. The average Bonchev–Trinajstić information content (AvgIpc) is 2.59. The third-order valence-electron chi connectivity index (χ3n) is 2.09. The second-order valence-corrected chi connectivity index (χ2v) is 3.41. The first-order valence-electron chi connectivity index (χ1n) is 4.13. The van der Waals surface area contributed by atoms with E-state index in [9.17, 15) is 4.79 Å². The number of aliphatic hydroxyl groups is 1. The molecule has 0 unspecified atom stereocenters. The summed E-state index contributed by atoms with van der Waals surface area (Å²) in [6.07, 6.45) is 1.58. The van der Waals surface area contributed by atoms with Crippen molar-refractivity contribution in [2.24, 2.45) is 0 Å². The smallest absolute Gasteiger partial charge is 0.190 e. The number of carbonyl (C=O) groups excluding carboxylic acids is 1. The van der Waals surface area contributed by atoms with Crippen LogP contribution in [0.15, 0.2) is 24.4 Å². The van der Waals surface area contributed by atoms with Gasteiger partial charge in [-0.1, -0.05) is 11.6 Å². The topological polar surface area (TPSA) is 53.1 Å². The molecule has 1 aromatic heterocycles. The number of benzene rings is 1. The summed E-state index contributed by atoms with van der Waals surface area (Å²) >= 11 is 5.81. The summed E-state index contributed by atoms with van der Waals surface area (Å²) in [5.74, 6) is -0.307. The molecule has 0 radical (unpaired) electrons. The van der Waals surface area contributed by atoms with Crippen LogP contribution in [0.25, 0.3) is 10.9 Å². The molecule has 72 valence electrons. The van der Waals surface area contributed by atoms with E-state index in [1.807, 2.05) is 0 Å². The molecule has 2 rings (SSSR count). The first kappa shape index (κ1) is 9.24. The molecule has 4 heteroatoms. The zero-order valence-electron chi connectivity index (χ0n) is 7.25. The maximum absolute atomic E-state index is 11.3. The lowest BCUT2D eigenvalue weighted by molar-refractivity contribution is 0.0905. The Hall–Kier alpha value is -1.32. The average molecular weight is 210 g/mol. The summed E-state index contributed by atoms with van der Waals surface area (Å²) in [6, 6.07) is 5.25. The zero-order chi connectivity index (χ0) is 10.1. The van der Waals surface area contributed by atoms with Crippen molar-refractivity contribution in [3.63, 3.8) is 0 Å². The second-order valence-electron chi connectivity index (χ2n) is 2.97. The van der Waals surface area contributed by atoms with Crippen LogP contribution < -0.4 is 0 Å². The third kappa shape index (κ3) is 1.41. The molecule has 0 aliphatic carbocycles. The van der Waals surface area contributed by atoms with E-state index in [1.165, 1.54) is 0 Å². The maximum atomic E-state index is 11.3. The standard InChI is InChI=1S/C10H8ClNO2/c11-6-1-2-9-7(3-6)8(4-12-9)10(14)5-13/h1-4,12-13H,5H2. The first-order chi connectivity index (χ1) is 6.72. The molecule has 0 aliphatic heterocycles. The van der Waals surface area contributed by atoms with E-state index in [1.54, 1.807) is 24.4 Å². The molecule has 2 aromatic rings. The molecule has 3 nitrogen and oxygen atoms in total. The summed E-state index contributed by atoms with van der Waals surface area (Å²) in [6.45, 7) is -0.487. The van der Waals surface area contributed by atoms with E-state index in [0.29, 0.717) is 10.6 Å². The number of aromatic nitrogens is 1. The van der Waals surface area contributed by atoms with Gasteiger partial charge in [-0.25, -0.2) is 0 Å². The van der Waals surface area contributed by atoms with Crippen molar-refractivity contribution >= 4 is 28.3 Å². The summed E-state index contributed by atoms with van der Waals surface area (Å²) in [5.41, 5.74) is 1.32. The number of H-pyrrole nitrogens is 1. The summed E-state index contributed by atoms with van der Waals surface area (Å²) < 4.78 is 0. The van der Waals surface area contributed by atoms with Crippen molar-refractivity contribution in [3.05, 3.63) is 35.0 Å². The molecular formula is C10H8ClNO2. The lowest BCUT2D eigenvalue weighted by Crippen LogP contribution is -2.02. The minimum atomic E-state index is -0.487. The monoisotopic (exact) mass is 209 g/mol. The fourth-order valence-corrected chi connectivity index (χ4v) is 1.58. The van der Waals surface area contributed by atoms with Crippen LogP contribution in [0.4, 0.5) is 0 Å². The van der Waals surface area contributed by atoms with Gasteiger partial charge in [0.25, 0.3) is 0 Å². The van der Waals surface area contributed by atoms with Gasteiger partial charge in [-0.2, -0.15) is 0 Å². The Morgan fingerprint density at radius 3 is 3.00 bits per heavy atom. The predicted molar refractivity (Wildman–Crippen MR) is 54.7 cm³/mol. The van der Waals surface area contributed by atoms with Crippen molar-refractivity contribution in [1.82, 2.24) is 4.98 Å². The number of Topliss-reactive ketones (excluding diaryl/α,β-unsaturated/α-hetero) is 1. The fourth-order valence-electron chi connectivity index (χ4n) is 1.41. The van der Waals surface area contributed by atoms with Crippen molar-refractivity contribution in [2.45, 2.75) is 0 Å². The molecule has 0 fully saturated rings. The van der Waals surface area contributed by atoms with Crippen LogP contribution in [0.2, 0.25) is 5.02 Å².